The summed E-state index contributed by atoms with van der Waals surface area (Å²) in [5.41, 5.74) is 0. The highest BCUT2D eigenvalue weighted by atomic mass is 35.5. The Morgan fingerprint density at radius 2 is 2.44 bits per heavy atom. The average Bonchev–Trinajstić information content (AvgIpc) is 2.80. The van der Waals surface area contributed by atoms with Crippen LogP contribution in [0.25, 0.3) is 0 Å². The van der Waals surface area contributed by atoms with Crippen molar-refractivity contribution < 1.29 is 4.79 Å². The molecule has 1 N–H and O–H groups in total. The smallest absolute Gasteiger partial charge is 0.317 e. The van der Waals surface area contributed by atoms with Gasteiger partial charge in [0.05, 0.1) is 0 Å². The maximum Gasteiger partial charge on any atom is 0.317 e. The molecule has 3 nitrogen and oxygen atoms in total. The van der Waals surface area contributed by atoms with Gasteiger partial charge in [0.2, 0.25) is 0 Å². The van der Waals surface area contributed by atoms with E-state index in [1.54, 1.807) is 11.3 Å². The van der Waals surface area contributed by atoms with E-state index in [0.717, 1.165) is 25.3 Å². The zero-order valence-electron chi connectivity index (χ0n) is 10.1. The number of halogens is 1. The number of hydrogen-bond acceptors (Lipinski definition) is 3. The Morgan fingerprint density at radius 3 is 3.17 bits per heavy atom. The van der Waals surface area contributed by atoms with Crippen LogP contribution in [0.5, 0.6) is 0 Å². The lowest BCUT2D eigenvalue weighted by molar-refractivity contribution is 0.202. The molecule has 1 aliphatic heterocycles. The second-order valence-electron chi connectivity index (χ2n) is 4.07. The van der Waals surface area contributed by atoms with Crippen LogP contribution in [0.1, 0.15) is 16.5 Å². The van der Waals surface area contributed by atoms with Gasteiger partial charge in [-0.3, -0.25) is 0 Å². The molecule has 2 amide bonds. The van der Waals surface area contributed by atoms with Crippen LogP contribution in [-0.2, 0) is 0 Å². The summed E-state index contributed by atoms with van der Waals surface area (Å²) in [5, 5.41) is 5.48. The first kappa shape index (κ1) is 14.0. The number of alkyl halides is 1. The van der Waals surface area contributed by atoms with E-state index in [2.05, 4.69) is 22.8 Å². The maximum atomic E-state index is 11.9. The van der Waals surface area contributed by atoms with Crippen molar-refractivity contribution in [1.29, 1.82) is 0 Å². The molecule has 1 aromatic heterocycles. The van der Waals surface area contributed by atoms with Gasteiger partial charge in [-0.05, 0) is 17.9 Å². The highest BCUT2D eigenvalue weighted by Gasteiger charge is 2.22. The molecular formula is C12H17ClN2OS2. The molecule has 2 heterocycles. The third kappa shape index (κ3) is 3.80. The van der Waals surface area contributed by atoms with Crippen LogP contribution in [0, 0.1) is 0 Å². The summed E-state index contributed by atoms with van der Waals surface area (Å²) in [6.45, 7) is 2.18. The lowest BCUT2D eigenvalue weighted by Gasteiger charge is -2.20. The Labute approximate surface area is 121 Å². The van der Waals surface area contributed by atoms with E-state index in [4.69, 9.17) is 11.6 Å². The van der Waals surface area contributed by atoms with Crippen LogP contribution < -0.4 is 5.32 Å². The van der Waals surface area contributed by atoms with Gasteiger partial charge >= 0.3 is 6.03 Å². The van der Waals surface area contributed by atoms with E-state index in [0.29, 0.717) is 17.7 Å². The number of thioether (sulfide) groups is 1. The molecule has 2 rings (SSSR count). The molecule has 0 aliphatic carbocycles. The summed E-state index contributed by atoms with van der Waals surface area (Å²) >= 11 is 9.33. The highest BCUT2D eigenvalue weighted by Crippen LogP contribution is 2.36. The van der Waals surface area contributed by atoms with Crippen molar-refractivity contribution in [2.45, 2.75) is 11.7 Å². The third-order valence-electron chi connectivity index (χ3n) is 2.86. The molecular weight excluding hydrogens is 288 g/mol. The van der Waals surface area contributed by atoms with Crippen molar-refractivity contribution >= 4 is 40.7 Å². The van der Waals surface area contributed by atoms with Crippen molar-refractivity contribution in [3.63, 3.8) is 0 Å². The minimum absolute atomic E-state index is 0.0167. The van der Waals surface area contributed by atoms with Crippen LogP contribution in [0.2, 0.25) is 0 Å². The Bertz CT molecular complexity index is 372. The monoisotopic (exact) mass is 304 g/mol. The average molecular weight is 305 g/mol. The maximum absolute atomic E-state index is 11.9. The van der Waals surface area contributed by atoms with Gasteiger partial charge in [-0.1, -0.05) is 6.07 Å². The Hall–Kier alpha value is -0.390. The molecule has 1 atom stereocenters. The predicted molar refractivity (Wildman–Crippen MR) is 79.8 cm³/mol. The number of urea groups is 1. The van der Waals surface area contributed by atoms with E-state index in [1.807, 2.05) is 16.7 Å². The van der Waals surface area contributed by atoms with Crippen molar-refractivity contribution in [2.24, 2.45) is 0 Å². The van der Waals surface area contributed by atoms with Gasteiger partial charge in [0.25, 0.3) is 0 Å². The quantitative estimate of drug-likeness (QED) is 0.870. The number of rotatable bonds is 3. The van der Waals surface area contributed by atoms with Gasteiger partial charge in [-0.15, -0.1) is 22.9 Å². The Morgan fingerprint density at radius 1 is 1.56 bits per heavy atom. The Kier molecular flexibility index (Phi) is 5.66. The first-order valence-electron chi connectivity index (χ1n) is 6.05. The molecule has 100 valence electrons. The van der Waals surface area contributed by atoms with Gasteiger partial charge in [0.1, 0.15) is 0 Å². The summed E-state index contributed by atoms with van der Waals surface area (Å²) < 4.78 is 0. The van der Waals surface area contributed by atoms with Gasteiger partial charge in [0, 0.05) is 41.4 Å². The number of hydrogen-bond donors (Lipinski definition) is 1. The fourth-order valence-corrected chi connectivity index (χ4v) is 4.27. The highest BCUT2D eigenvalue weighted by molar-refractivity contribution is 7.99. The number of amides is 2. The standard InChI is InChI=1S/C12H17ClN2OS2/c13-4-5-14-12(16)15-6-3-11(18-9-7-15)10-2-1-8-17-10/h1-2,8,11H,3-7,9H2,(H,14,16). The first-order valence-corrected chi connectivity index (χ1v) is 8.51. The molecule has 0 radical (unpaired) electrons. The number of carbonyl (C=O) groups is 1. The van der Waals surface area contributed by atoms with Crippen LogP contribution in [0.3, 0.4) is 0 Å². The SMILES string of the molecule is O=C(NCCCl)N1CCSC(c2cccs2)CC1. The van der Waals surface area contributed by atoms with E-state index in [9.17, 15) is 4.79 Å². The molecule has 1 aliphatic rings. The van der Waals surface area contributed by atoms with Crippen molar-refractivity contribution in [2.75, 3.05) is 31.3 Å². The second-order valence-corrected chi connectivity index (χ2v) is 6.74. The predicted octanol–water partition coefficient (Wildman–Crippen LogP) is 3.18. The fraction of sp³-hybridized carbons (Fsp3) is 0.583. The zero-order chi connectivity index (χ0) is 12.8. The van der Waals surface area contributed by atoms with Crippen molar-refractivity contribution in [3.05, 3.63) is 22.4 Å². The van der Waals surface area contributed by atoms with Gasteiger partial charge in [-0.2, -0.15) is 11.8 Å². The first-order chi connectivity index (χ1) is 8.81. The lowest BCUT2D eigenvalue weighted by atomic mass is 10.2. The normalized spacial score (nSPS) is 20.5. The topological polar surface area (TPSA) is 32.3 Å². The van der Waals surface area contributed by atoms with Crippen LogP contribution >= 0.6 is 34.7 Å². The minimum Gasteiger partial charge on any atom is -0.337 e. The molecule has 0 saturated carbocycles. The number of nitrogens with one attached hydrogen (secondary N) is 1. The summed E-state index contributed by atoms with van der Waals surface area (Å²) in [6, 6.07) is 4.30. The fourth-order valence-electron chi connectivity index (χ4n) is 1.94. The summed E-state index contributed by atoms with van der Waals surface area (Å²) in [4.78, 5) is 15.2. The Balaban J connectivity index is 1.86. The van der Waals surface area contributed by atoms with Gasteiger partial charge in [-0.25, -0.2) is 4.79 Å². The van der Waals surface area contributed by atoms with E-state index < -0.39 is 0 Å². The summed E-state index contributed by atoms with van der Waals surface area (Å²) in [7, 11) is 0. The largest absolute Gasteiger partial charge is 0.337 e. The molecule has 0 spiro atoms. The zero-order valence-corrected chi connectivity index (χ0v) is 12.5. The summed E-state index contributed by atoms with van der Waals surface area (Å²) in [6.07, 6.45) is 1.03. The third-order valence-corrected chi connectivity index (χ3v) is 5.49. The second kappa shape index (κ2) is 7.26. The summed E-state index contributed by atoms with van der Waals surface area (Å²) in [5.74, 6) is 1.46. The van der Waals surface area contributed by atoms with E-state index in [1.165, 1.54) is 4.88 Å². The molecule has 0 bridgehead atoms. The number of nitrogens with zero attached hydrogens (tertiary/aromatic N) is 1. The minimum atomic E-state index is 0.0167. The van der Waals surface area contributed by atoms with Crippen LogP contribution in [0.4, 0.5) is 4.79 Å². The molecule has 6 heteroatoms. The molecule has 1 saturated heterocycles. The van der Waals surface area contributed by atoms with Gasteiger partial charge in [0.15, 0.2) is 0 Å². The van der Waals surface area contributed by atoms with Crippen LogP contribution in [-0.4, -0.2) is 42.2 Å². The molecule has 1 aromatic rings. The van der Waals surface area contributed by atoms with Crippen molar-refractivity contribution in [1.82, 2.24) is 10.2 Å². The van der Waals surface area contributed by atoms with E-state index in [-0.39, 0.29) is 6.03 Å². The van der Waals surface area contributed by atoms with E-state index >= 15 is 0 Å². The van der Waals surface area contributed by atoms with Gasteiger partial charge < -0.3 is 10.2 Å². The molecule has 0 aromatic carbocycles. The lowest BCUT2D eigenvalue weighted by Crippen LogP contribution is -2.41. The van der Waals surface area contributed by atoms with Crippen LogP contribution in [0.15, 0.2) is 17.5 Å². The molecule has 1 unspecified atom stereocenters. The number of carbonyl (C=O) groups excluding carboxylic acids is 1. The molecule has 1 fully saturated rings. The number of thiophene rings is 1. The van der Waals surface area contributed by atoms with Crippen molar-refractivity contribution in [3.8, 4) is 0 Å². The molecule has 18 heavy (non-hydrogen) atoms.